The molecule has 1 aromatic carbocycles. The molecule has 3 saturated heterocycles. The number of nitrogens with zero attached hydrogens (tertiary/aromatic N) is 5. The number of carbonyl (C=O) groups excluding carboxylic acids is 1. The highest BCUT2D eigenvalue weighted by Gasteiger charge is 2.46. The van der Waals surface area contributed by atoms with E-state index in [-0.39, 0.29) is 17.5 Å². The first kappa shape index (κ1) is 21.0. The number of benzene rings is 1. The Labute approximate surface area is 194 Å². The van der Waals surface area contributed by atoms with Gasteiger partial charge in [0.2, 0.25) is 5.91 Å². The molecule has 4 unspecified atom stereocenters. The van der Waals surface area contributed by atoms with E-state index in [2.05, 4.69) is 26.2 Å². The smallest absolute Gasteiger partial charge is 0.277 e. The zero-order valence-corrected chi connectivity index (χ0v) is 19.2. The Morgan fingerprint density at radius 3 is 2.97 bits per heavy atom. The van der Waals surface area contributed by atoms with Crippen molar-refractivity contribution in [1.82, 2.24) is 24.8 Å². The van der Waals surface area contributed by atoms with Gasteiger partial charge in [-0.2, -0.15) is 0 Å². The fraction of sp³-hybridized carbons (Fsp3) is 0.615. The fourth-order valence-electron chi connectivity index (χ4n) is 6.95. The standard InChI is InChI=1S/C26H33N5O2/c32-24(11-6-14-31-26(33)21-8-1-2-9-22(21)27-28-31)30-13-5-7-18-15-19-16-20(25(18)30)17-29-12-4-3-10-23(19)29/h1-2,8-9,15,19-20,23,25H,3-7,10-14,16-17H2. The topological polar surface area (TPSA) is 71.3 Å². The minimum absolute atomic E-state index is 0.132. The molecule has 0 radical (unpaired) electrons. The zero-order valence-electron chi connectivity index (χ0n) is 19.2. The van der Waals surface area contributed by atoms with Gasteiger partial charge in [-0.1, -0.05) is 35.4 Å². The van der Waals surface area contributed by atoms with Crippen LogP contribution in [0.2, 0.25) is 0 Å². The minimum atomic E-state index is -0.132. The number of piperidine rings is 3. The van der Waals surface area contributed by atoms with Gasteiger partial charge in [-0.15, -0.1) is 5.10 Å². The fourth-order valence-corrected chi connectivity index (χ4v) is 6.95. The van der Waals surface area contributed by atoms with Crippen molar-refractivity contribution in [3.05, 3.63) is 46.3 Å². The van der Waals surface area contributed by atoms with Crippen LogP contribution in [-0.4, -0.2) is 62.4 Å². The summed E-state index contributed by atoms with van der Waals surface area (Å²) in [4.78, 5) is 30.9. The summed E-state index contributed by atoms with van der Waals surface area (Å²) in [5.41, 5.74) is 2.01. The summed E-state index contributed by atoms with van der Waals surface area (Å²) in [6.45, 7) is 3.66. The summed E-state index contributed by atoms with van der Waals surface area (Å²) < 4.78 is 1.40. The summed E-state index contributed by atoms with van der Waals surface area (Å²) in [6, 6.07) is 8.29. The molecule has 2 aromatic rings. The van der Waals surface area contributed by atoms with Crippen molar-refractivity contribution in [1.29, 1.82) is 0 Å². The Morgan fingerprint density at radius 2 is 2.03 bits per heavy atom. The number of fused-ring (bicyclic) bond motifs is 7. The van der Waals surface area contributed by atoms with E-state index in [0.29, 0.717) is 42.1 Å². The molecular formula is C26H33N5O2. The summed E-state index contributed by atoms with van der Waals surface area (Å²) >= 11 is 0. The van der Waals surface area contributed by atoms with Gasteiger partial charge in [0.25, 0.3) is 5.56 Å². The number of hydrogen-bond donors (Lipinski definition) is 0. The Balaban J connectivity index is 1.14. The molecule has 2 bridgehead atoms. The van der Waals surface area contributed by atoms with E-state index in [1.54, 1.807) is 12.1 Å². The van der Waals surface area contributed by atoms with Crippen molar-refractivity contribution >= 4 is 16.8 Å². The van der Waals surface area contributed by atoms with Gasteiger partial charge in [-0.3, -0.25) is 14.5 Å². The first-order valence-electron chi connectivity index (χ1n) is 12.8. The van der Waals surface area contributed by atoms with Crippen molar-refractivity contribution in [3.8, 4) is 0 Å². The second-order valence-electron chi connectivity index (χ2n) is 10.3. The molecule has 1 aliphatic carbocycles. The zero-order chi connectivity index (χ0) is 22.4. The number of carbonyl (C=O) groups is 1. The van der Waals surface area contributed by atoms with Crippen LogP contribution in [0.3, 0.4) is 0 Å². The highest BCUT2D eigenvalue weighted by Crippen LogP contribution is 2.45. The number of aryl methyl sites for hydroxylation is 1. The van der Waals surface area contributed by atoms with Crippen LogP contribution in [-0.2, 0) is 11.3 Å². The van der Waals surface area contributed by atoms with Crippen molar-refractivity contribution < 1.29 is 4.79 Å². The van der Waals surface area contributed by atoms with Crippen LogP contribution in [0.4, 0.5) is 0 Å². The first-order valence-corrected chi connectivity index (χ1v) is 12.8. The Morgan fingerprint density at radius 1 is 1.12 bits per heavy atom. The molecule has 33 heavy (non-hydrogen) atoms. The monoisotopic (exact) mass is 447 g/mol. The number of aromatic nitrogens is 3. The molecule has 3 aliphatic heterocycles. The maximum Gasteiger partial charge on any atom is 0.277 e. The van der Waals surface area contributed by atoms with Crippen molar-refractivity contribution in [2.75, 3.05) is 19.6 Å². The minimum Gasteiger partial charge on any atom is -0.336 e. The predicted octanol–water partition coefficient (Wildman–Crippen LogP) is 2.99. The molecular weight excluding hydrogens is 414 g/mol. The van der Waals surface area contributed by atoms with Crippen LogP contribution in [0.5, 0.6) is 0 Å². The Bertz CT molecular complexity index is 1140. The highest BCUT2D eigenvalue weighted by molar-refractivity contribution is 5.77. The van der Waals surface area contributed by atoms with E-state index in [1.807, 2.05) is 12.1 Å². The van der Waals surface area contributed by atoms with Gasteiger partial charge in [0, 0.05) is 32.1 Å². The lowest BCUT2D eigenvalue weighted by Crippen LogP contribution is -2.60. The van der Waals surface area contributed by atoms with E-state index in [1.165, 1.54) is 42.5 Å². The van der Waals surface area contributed by atoms with E-state index in [9.17, 15) is 9.59 Å². The Hall–Kier alpha value is -2.54. The summed E-state index contributed by atoms with van der Waals surface area (Å²) in [5, 5.41) is 8.81. The summed E-state index contributed by atoms with van der Waals surface area (Å²) in [5.74, 6) is 1.48. The largest absolute Gasteiger partial charge is 0.336 e. The van der Waals surface area contributed by atoms with Gasteiger partial charge in [-0.25, -0.2) is 4.68 Å². The Kier molecular flexibility index (Phi) is 5.52. The molecule has 7 heteroatoms. The molecule has 3 fully saturated rings. The van der Waals surface area contributed by atoms with Crippen LogP contribution in [0.15, 0.2) is 40.7 Å². The highest BCUT2D eigenvalue weighted by atomic mass is 16.2. The number of amides is 1. The van der Waals surface area contributed by atoms with Gasteiger partial charge in [-0.05, 0) is 69.0 Å². The normalized spacial score (nSPS) is 29.3. The number of rotatable bonds is 4. The van der Waals surface area contributed by atoms with E-state index >= 15 is 0 Å². The van der Waals surface area contributed by atoms with Crippen molar-refractivity contribution in [3.63, 3.8) is 0 Å². The number of likely N-dealkylation sites (tertiary alicyclic amines) is 1. The van der Waals surface area contributed by atoms with Gasteiger partial charge >= 0.3 is 0 Å². The molecule has 0 N–H and O–H groups in total. The lowest BCUT2D eigenvalue weighted by molar-refractivity contribution is -0.136. The first-order chi connectivity index (χ1) is 16.2. The second-order valence-corrected chi connectivity index (χ2v) is 10.3. The van der Waals surface area contributed by atoms with Gasteiger partial charge in [0.1, 0.15) is 5.52 Å². The van der Waals surface area contributed by atoms with Crippen molar-refractivity contribution in [2.45, 2.75) is 70.0 Å². The molecule has 1 amide bonds. The molecule has 174 valence electrons. The average Bonchev–Trinajstić information content (AvgIpc) is 2.85. The van der Waals surface area contributed by atoms with E-state index < -0.39 is 0 Å². The van der Waals surface area contributed by atoms with Gasteiger partial charge in [0.05, 0.1) is 11.4 Å². The summed E-state index contributed by atoms with van der Waals surface area (Å²) in [6.07, 6.45) is 11.1. The molecule has 1 aromatic heterocycles. The molecule has 4 atom stereocenters. The van der Waals surface area contributed by atoms with Crippen molar-refractivity contribution in [2.24, 2.45) is 11.8 Å². The molecule has 0 spiro atoms. The maximum atomic E-state index is 13.3. The third kappa shape index (κ3) is 3.80. The average molecular weight is 448 g/mol. The molecule has 0 saturated carbocycles. The quantitative estimate of drug-likeness (QED) is 0.674. The second kappa shape index (κ2) is 8.67. The van der Waals surface area contributed by atoms with E-state index in [4.69, 9.17) is 0 Å². The van der Waals surface area contributed by atoms with Crippen LogP contribution < -0.4 is 5.56 Å². The third-order valence-corrected chi connectivity index (χ3v) is 8.37. The number of hydrogen-bond acceptors (Lipinski definition) is 5. The van der Waals surface area contributed by atoms with Crippen LogP contribution in [0, 0.1) is 11.8 Å². The van der Waals surface area contributed by atoms with Gasteiger partial charge in [0.15, 0.2) is 0 Å². The molecule has 6 rings (SSSR count). The third-order valence-electron chi connectivity index (χ3n) is 8.37. The lowest BCUT2D eigenvalue weighted by Gasteiger charge is -2.54. The van der Waals surface area contributed by atoms with Gasteiger partial charge < -0.3 is 4.90 Å². The van der Waals surface area contributed by atoms with E-state index in [0.717, 1.165) is 32.0 Å². The lowest BCUT2D eigenvalue weighted by atomic mass is 9.68. The SMILES string of the molecule is O=C(CCCn1nnc2ccccc2c1=O)N1CCCC2=CC3CC(CN4CCCCC34)C21. The molecule has 4 heterocycles. The molecule has 4 aliphatic rings. The predicted molar refractivity (Wildman–Crippen MR) is 127 cm³/mol. The van der Waals surface area contributed by atoms with Crippen LogP contribution in [0.25, 0.3) is 10.9 Å². The van der Waals surface area contributed by atoms with Crippen LogP contribution in [0.1, 0.15) is 51.4 Å². The molecule has 7 nitrogen and oxygen atoms in total. The summed E-state index contributed by atoms with van der Waals surface area (Å²) in [7, 11) is 0. The maximum absolute atomic E-state index is 13.3. The van der Waals surface area contributed by atoms with Crippen LogP contribution >= 0.6 is 0 Å².